The van der Waals surface area contributed by atoms with Crippen molar-refractivity contribution in [1.29, 1.82) is 0 Å². The number of hydrogen-bond donors (Lipinski definition) is 1. The summed E-state index contributed by atoms with van der Waals surface area (Å²) in [6, 6.07) is 1.49. The van der Waals surface area contributed by atoms with Crippen molar-refractivity contribution in [2.24, 2.45) is 5.73 Å². The van der Waals surface area contributed by atoms with Gasteiger partial charge in [0, 0.05) is 18.1 Å². The predicted molar refractivity (Wildman–Crippen MR) is 66.0 cm³/mol. The van der Waals surface area contributed by atoms with Crippen molar-refractivity contribution >= 4 is 25.5 Å². The van der Waals surface area contributed by atoms with Crippen molar-refractivity contribution in [3.63, 3.8) is 0 Å². The van der Waals surface area contributed by atoms with Crippen LogP contribution in [0.5, 0.6) is 0 Å². The van der Waals surface area contributed by atoms with Gasteiger partial charge in [-0.1, -0.05) is 0 Å². The molecule has 9 heteroatoms. The van der Waals surface area contributed by atoms with Crippen LogP contribution in [0.15, 0.2) is 21.9 Å². The van der Waals surface area contributed by atoms with Gasteiger partial charge in [0.2, 0.25) is 0 Å². The van der Waals surface area contributed by atoms with E-state index in [0.717, 1.165) is 12.3 Å². The molecule has 0 saturated heterocycles. The van der Waals surface area contributed by atoms with E-state index in [-0.39, 0.29) is 5.56 Å². The summed E-state index contributed by atoms with van der Waals surface area (Å²) in [7, 11) is -8.11. The number of benzene rings is 1. The number of sulfone groups is 2. The molecule has 1 rings (SSSR count). The number of ketones is 1. The number of carbonyl (C=O) groups excluding carboxylic acids is 1. The molecule has 0 atom stereocenters. The van der Waals surface area contributed by atoms with Crippen LogP contribution < -0.4 is 5.73 Å². The number of hydrogen-bond acceptors (Lipinski definition) is 6. The Hall–Kier alpha value is -1.32. The van der Waals surface area contributed by atoms with Crippen LogP contribution in [0.2, 0.25) is 0 Å². The van der Waals surface area contributed by atoms with Crippen LogP contribution in [0.1, 0.15) is 10.4 Å². The van der Waals surface area contributed by atoms with Crippen molar-refractivity contribution in [2.75, 3.05) is 19.1 Å². The van der Waals surface area contributed by atoms with Gasteiger partial charge in [-0.05, 0) is 12.1 Å². The maximum atomic E-state index is 13.8. The van der Waals surface area contributed by atoms with E-state index in [0.29, 0.717) is 12.3 Å². The standard InChI is InChI=1S/C10H12FNO5S2/c1-18(14,15)9-4-6(8(13)5-12)3-7(11)10(9)19(2,16)17/h3-4H,5,12H2,1-2H3. The Kier molecular flexibility index (Phi) is 4.13. The van der Waals surface area contributed by atoms with Crippen LogP contribution in [0.25, 0.3) is 0 Å². The molecule has 0 amide bonds. The molecule has 0 unspecified atom stereocenters. The molecule has 0 heterocycles. The van der Waals surface area contributed by atoms with Gasteiger partial charge in [-0.3, -0.25) is 4.79 Å². The third-order valence-electron chi connectivity index (χ3n) is 2.29. The highest BCUT2D eigenvalue weighted by atomic mass is 32.2. The highest BCUT2D eigenvalue weighted by Crippen LogP contribution is 2.26. The lowest BCUT2D eigenvalue weighted by Crippen LogP contribution is -2.17. The smallest absolute Gasteiger partial charge is 0.179 e. The summed E-state index contributed by atoms with van der Waals surface area (Å²) in [5.74, 6) is -1.98. The topological polar surface area (TPSA) is 111 Å². The number of Topliss-reactive ketones (excluding diaryl/α,β-unsaturated/α-hetero) is 1. The summed E-state index contributed by atoms with van der Waals surface area (Å²) in [5.41, 5.74) is 4.81. The second kappa shape index (κ2) is 4.99. The molecule has 0 aliphatic rings. The molecular weight excluding hydrogens is 297 g/mol. The normalized spacial score (nSPS) is 12.4. The van der Waals surface area contributed by atoms with Gasteiger partial charge in [0.05, 0.1) is 11.4 Å². The SMILES string of the molecule is CS(=O)(=O)c1cc(C(=O)CN)cc(F)c1S(C)(=O)=O. The zero-order valence-corrected chi connectivity index (χ0v) is 11.8. The summed E-state index contributed by atoms with van der Waals surface area (Å²) in [6.45, 7) is -0.444. The van der Waals surface area contributed by atoms with E-state index in [9.17, 15) is 26.0 Å². The lowest BCUT2D eigenvalue weighted by molar-refractivity contribution is 0.100. The number of rotatable bonds is 4. The van der Waals surface area contributed by atoms with Gasteiger partial charge < -0.3 is 5.73 Å². The number of carbonyl (C=O) groups is 1. The van der Waals surface area contributed by atoms with Crippen LogP contribution in [-0.4, -0.2) is 41.7 Å². The largest absolute Gasteiger partial charge is 0.324 e. The summed E-state index contributed by atoms with van der Waals surface area (Å²) in [6.07, 6.45) is 1.41. The first-order chi connectivity index (χ1) is 8.48. The fourth-order valence-electron chi connectivity index (χ4n) is 1.48. The van der Waals surface area contributed by atoms with Crippen LogP contribution in [0, 0.1) is 5.82 Å². The van der Waals surface area contributed by atoms with Gasteiger partial charge in [-0.15, -0.1) is 0 Å². The van der Waals surface area contributed by atoms with Crippen LogP contribution in [-0.2, 0) is 19.7 Å². The van der Waals surface area contributed by atoms with Crippen LogP contribution >= 0.6 is 0 Å². The predicted octanol–water partition coefficient (Wildman–Crippen LogP) is -0.226. The van der Waals surface area contributed by atoms with Crippen LogP contribution in [0.4, 0.5) is 4.39 Å². The van der Waals surface area contributed by atoms with Gasteiger partial charge in [-0.25, -0.2) is 21.2 Å². The first kappa shape index (κ1) is 15.7. The summed E-state index contributed by atoms with van der Waals surface area (Å²) >= 11 is 0. The molecule has 106 valence electrons. The van der Waals surface area contributed by atoms with Crippen molar-refractivity contribution in [1.82, 2.24) is 0 Å². The summed E-state index contributed by atoms with van der Waals surface area (Å²) in [5, 5.41) is 0. The van der Waals surface area contributed by atoms with Crippen molar-refractivity contribution in [3.05, 3.63) is 23.5 Å². The molecule has 6 nitrogen and oxygen atoms in total. The third-order valence-corrected chi connectivity index (χ3v) is 4.69. The minimum absolute atomic E-state index is 0.284. The Labute approximate surface area is 110 Å². The van der Waals surface area contributed by atoms with Crippen molar-refractivity contribution < 1.29 is 26.0 Å². The van der Waals surface area contributed by atoms with Gasteiger partial charge in [0.25, 0.3) is 0 Å². The van der Waals surface area contributed by atoms with E-state index in [1.54, 1.807) is 0 Å². The van der Waals surface area contributed by atoms with Crippen molar-refractivity contribution in [2.45, 2.75) is 9.79 Å². The zero-order valence-electron chi connectivity index (χ0n) is 10.2. The summed E-state index contributed by atoms with van der Waals surface area (Å²) < 4.78 is 59.8. The second-order valence-corrected chi connectivity index (χ2v) is 7.89. The Bertz CT molecular complexity index is 737. The van der Waals surface area contributed by atoms with Gasteiger partial charge >= 0.3 is 0 Å². The first-order valence-corrected chi connectivity index (χ1v) is 8.73. The molecule has 1 aromatic rings. The third kappa shape index (κ3) is 3.37. The molecule has 0 saturated carbocycles. The molecule has 19 heavy (non-hydrogen) atoms. The van der Waals surface area contributed by atoms with E-state index in [2.05, 4.69) is 0 Å². The minimum atomic E-state index is -4.09. The average molecular weight is 309 g/mol. The fourth-order valence-corrected chi connectivity index (χ4v) is 4.00. The highest BCUT2D eigenvalue weighted by molar-refractivity contribution is 7.93. The van der Waals surface area contributed by atoms with Gasteiger partial charge in [0.15, 0.2) is 25.5 Å². The fraction of sp³-hybridized carbons (Fsp3) is 0.300. The number of nitrogens with two attached hydrogens (primary N) is 1. The first-order valence-electron chi connectivity index (χ1n) is 4.95. The maximum absolute atomic E-state index is 13.8. The maximum Gasteiger partial charge on any atom is 0.179 e. The van der Waals surface area contributed by atoms with E-state index >= 15 is 0 Å². The highest BCUT2D eigenvalue weighted by Gasteiger charge is 2.26. The Morgan fingerprint density at radius 2 is 1.68 bits per heavy atom. The zero-order chi connectivity index (χ0) is 15.0. The van der Waals surface area contributed by atoms with E-state index in [4.69, 9.17) is 5.73 Å². The second-order valence-electron chi connectivity index (χ2n) is 3.96. The lowest BCUT2D eigenvalue weighted by atomic mass is 10.1. The molecule has 1 aromatic carbocycles. The Morgan fingerprint density at radius 3 is 2.05 bits per heavy atom. The monoisotopic (exact) mass is 309 g/mol. The van der Waals surface area contributed by atoms with Gasteiger partial charge in [-0.2, -0.15) is 0 Å². The van der Waals surface area contributed by atoms with Gasteiger partial charge in [0.1, 0.15) is 10.7 Å². The molecule has 0 aliphatic carbocycles. The molecule has 2 N–H and O–H groups in total. The average Bonchev–Trinajstić information content (AvgIpc) is 2.23. The Morgan fingerprint density at radius 1 is 1.16 bits per heavy atom. The molecule has 0 bridgehead atoms. The lowest BCUT2D eigenvalue weighted by Gasteiger charge is -2.09. The Balaban J connectivity index is 3.83. The molecule has 0 aliphatic heterocycles. The number of halogens is 1. The van der Waals surface area contributed by atoms with Crippen LogP contribution in [0.3, 0.4) is 0 Å². The molecule has 0 aromatic heterocycles. The van der Waals surface area contributed by atoms with E-state index in [1.165, 1.54) is 0 Å². The summed E-state index contributed by atoms with van der Waals surface area (Å²) in [4.78, 5) is 9.69. The quantitative estimate of drug-likeness (QED) is 0.769. The molecule has 0 radical (unpaired) electrons. The van der Waals surface area contributed by atoms with E-state index in [1.807, 2.05) is 0 Å². The minimum Gasteiger partial charge on any atom is -0.324 e. The van der Waals surface area contributed by atoms with Crippen molar-refractivity contribution in [3.8, 4) is 0 Å². The molecular formula is C10H12FNO5S2. The molecule has 0 fully saturated rings. The molecule has 0 spiro atoms. The van der Waals surface area contributed by atoms with E-state index < -0.39 is 47.6 Å².